The van der Waals surface area contributed by atoms with Gasteiger partial charge in [0.25, 0.3) is 0 Å². The fourth-order valence-corrected chi connectivity index (χ4v) is 3.24. The number of carbonyl (C=O) groups excluding carboxylic acids is 1. The number of hydrogen-bond acceptors (Lipinski definition) is 5. The van der Waals surface area contributed by atoms with Gasteiger partial charge in [-0.25, -0.2) is 8.42 Å². The summed E-state index contributed by atoms with van der Waals surface area (Å²) in [4.78, 5) is 14.0. The van der Waals surface area contributed by atoms with Crippen LogP contribution in [0.15, 0.2) is 24.3 Å². The van der Waals surface area contributed by atoms with Gasteiger partial charge in [0.15, 0.2) is 0 Å². The molecule has 7 nitrogen and oxygen atoms in total. The molecule has 23 heavy (non-hydrogen) atoms. The van der Waals surface area contributed by atoms with Crippen LogP contribution in [-0.2, 0) is 19.6 Å². The van der Waals surface area contributed by atoms with Crippen molar-refractivity contribution in [1.82, 2.24) is 4.90 Å². The highest BCUT2D eigenvalue weighted by Crippen LogP contribution is 2.19. The van der Waals surface area contributed by atoms with Crippen LogP contribution in [0.3, 0.4) is 0 Å². The van der Waals surface area contributed by atoms with Gasteiger partial charge < -0.3 is 9.64 Å². The number of sulfonamides is 1. The fraction of sp³-hybridized carbons (Fsp3) is 0.467. The maximum absolute atomic E-state index is 12.4. The van der Waals surface area contributed by atoms with E-state index in [-0.39, 0.29) is 18.6 Å². The van der Waals surface area contributed by atoms with E-state index in [0.717, 1.165) is 10.6 Å². The van der Waals surface area contributed by atoms with Crippen LogP contribution >= 0.6 is 0 Å². The van der Waals surface area contributed by atoms with Gasteiger partial charge in [-0.2, -0.15) is 5.26 Å². The summed E-state index contributed by atoms with van der Waals surface area (Å²) in [7, 11) is -3.65. The molecule has 1 unspecified atom stereocenters. The first kappa shape index (κ1) is 17.2. The molecule has 0 aliphatic carbocycles. The number of rotatable bonds is 4. The Kier molecular flexibility index (Phi) is 5.23. The van der Waals surface area contributed by atoms with Gasteiger partial charge in [-0.3, -0.25) is 9.10 Å². The maximum atomic E-state index is 12.4. The molecule has 0 bridgehead atoms. The molecule has 1 atom stereocenters. The third kappa shape index (κ3) is 4.43. The van der Waals surface area contributed by atoms with E-state index in [9.17, 15) is 13.2 Å². The summed E-state index contributed by atoms with van der Waals surface area (Å²) < 4.78 is 30.5. The molecule has 1 fully saturated rings. The predicted molar refractivity (Wildman–Crippen MR) is 85.3 cm³/mol. The van der Waals surface area contributed by atoms with Crippen molar-refractivity contribution in [3.63, 3.8) is 0 Å². The van der Waals surface area contributed by atoms with Gasteiger partial charge in [-0.1, -0.05) is 6.07 Å². The molecule has 1 aromatic carbocycles. The Morgan fingerprint density at radius 2 is 2.26 bits per heavy atom. The Morgan fingerprint density at radius 1 is 1.52 bits per heavy atom. The van der Waals surface area contributed by atoms with Crippen molar-refractivity contribution in [3.8, 4) is 6.07 Å². The number of hydrogen-bond donors (Lipinski definition) is 0. The lowest BCUT2D eigenvalue weighted by Gasteiger charge is -2.33. The second kappa shape index (κ2) is 6.98. The highest BCUT2D eigenvalue weighted by molar-refractivity contribution is 7.92. The van der Waals surface area contributed by atoms with Gasteiger partial charge >= 0.3 is 0 Å². The molecule has 1 heterocycles. The minimum atomic E-state index is -3.65. The zero-order valence-electron chi connectivity index (χ0n) is 13.1. The number of carbonyl (C=O) groups is 1. The van der Waals surface area contributed by atoms with Crippen LogP contribution in [0.5, 0.6) is 0 Å². The van der Waals surface area contributed by atoms with Crippen LogP contribution in [0.25, 0.3) is 0 Å². The molecule has 8 heteroatoms. The van der Waals surface area contributed by atoms with Gasteiger partial charge in [-0.05, 0) is 25.1 Å². The summed E-state index contributed by atoms with van der Waals surface area (Å²) in [6.07, 6.45) is 0.975. The van der Waals surface area contributed by atoms with Crippen LogP contribution in [-0.4, -0.2) is 57.8 Å². The molecule has 1 aliphatic heterocycles. The van der Waals surface area contributed by atoms with Gasteiger partial charge in [0.05, 0.1) is 36.3 Å². The van der Waals surface area contributed by atoms with Crippen LogP contribution in [0.4, 0.5) is 5.69 Å². The highest BCUT2D eigenvalue weighted by atomic mass is 32.2. The number of morpholine rings is 1. The minimum absolute atomic E-state index is 0.0682. The molecular formula is C15H19N3O4S. The number of nitriles is 1. The normalized spacial score (nSPS) is 18.3. The van der Waals surface area contributed by atoms with E-state index in [2.05, 4.69) is 0 Å². The van der Waals surface area contributed by atoms with Crippen LogP contribution in [0, 0.1) is 11.3 Å². The molecular weight excluding hydrogens is 318 g/mol. The Hall–Kier alpha value is -2.11. The second-order valence-electron chi connectivity index (χ2n) is 5.45. The number of nitrogens with zero attached hydrogens (tertiary/aromatic N) is 3. The Labute approximate surface area is 136 Å². The lowest BCUT2D eigenvalue weighted by atomic mass is 10.2. The van der Waals surface area contributed by atoms with Crippen molar-refractivity contribution in [2.24, 2.45) is 0 Å². The third-order valence-corrected chi connectivity index (χ3v) is 4.68. The van der Waals surface area contributed by atoms with E-state index < -0.39 is 10.0 Å². The molecule has 1 aliphatic rings. The molecule has 0 spiro atoms. The van der Waals surface area contributed by atoms with E-state index in [0.29, 0.717) is 30.9 Å². The zero-order chi connectivity index (χ0) is 17.0. The van der Waals surface area contributed by atoms with Gasteiger partial charge in [0, 0.05) is 13.1 Å². The van der Waals surface area contributed by atoms with E-state index in [1.54, 1.807) is 23.1 Å². The lowest BCUT2D eigenvalue weighted by Crippen LogP contribution is -2.49. The van der Waals surface area contributed by atoms with Gasteiger partial charge in [0.2, 0.25) is 15.9 Å². The zero-order valence-corrected chi connectivity index (χ0v) is 13.9. The minimum Gasteiger partial charge on any atom is -0.375 e. The van der Waals surface area contributed by atoms with Crippen LogP contribution in [0.2, 0.25) is 0 Å². The Morgan fingerprint density at radius 3 is 2.87 bits per heavy atom. The highest BCUT2D eigenvalue weighted by Gasteiger charge is 2.27. The number of amides is 1. The fourth-order valence-electron chi connectivity index (χ4n) is 2.40. The smallest absolute Gasteiger partial charge is 0.243 e. The van der Waals surface area contributed by atoms with E-state index in [1.807, 2.05) is 13.0 Å². The Balaban J connectivity index is 2.23. The molecule has 1 aromatic rings. The van der Waals surface area contributed by atoms with Crippen molar-refractivity contribution in [2.75, 3.05) is 36.8 Å². The van der Waals surface area contributed by atoms with Crippen molar-refractivity contribution in [2.45, 2.75) is 13.0 Å². The SMILES string of the molecule is CC1CN(C(=O)CN(c2cccc(C#N)c2)S(C)(=O)=O)CCO1. The molecule has 0 saturated carbocycles. The summed E-state index contributed by atoms with van der Waals surface area (Å²) in [5, 5.41) is 8.95. The number of benzene rings is 1. The average molecular weight is 337 g/mol. The largest absolute Gasteiger partial charge is 0.375 e. The molecule has 1 amide bonds. The van der Waals surface area contributed by atoms with Crippen LogP contribution < -0.4 is 4.31 Å². The van der Waals surface area contributed by atoms with Crippen molar-refractivity contribution >= 4 is 21.6 Å². The Bertz CT molecular complexity index is 726. The first-order chi connectivity index (χ1) is 10.8. The van der Waals surface area contributed by atoms with Crippen molar-refractivity contribution in [3.05, 3.63) is 29.8 Å². The molecule has 2 rings (SSSR count). The van der Waals surface area contributed by atoms with Crippen molar-refractivity contribution < 1.29 is 17.9 Å². The first-order valence-electron chi connectivity index (χ1n) is 7.18. The number of ether oxygens (including phenoxy) is 1. The average Bonchev–Trinajstić information content (AvgIpc) is 2.51. The van der Waals surface area contributed by atoms with Crippen LogP contribution in [0.1, 0.15) is 12.5 Å². The summed E-state index contributed by atoms with van der Waals surface area (Å²) in [5.41, 5.74) is 0.643. The summed E-state index contributed by atoms with van der Waals surface area (Å²) in [5.74, 6) is -0.284. The standard InChI is InChI=1S/C15H19N3O4S/c1-12-10-17(6-7-22-12)15(19)11-18(23(2,20)21)14-5-3-4-13(8-14)9-16/h3-5,8,12H,6-7,10-11H2,1-2H3. The third-order valence-electron chi connectivity index (χ3n) is 3.54. The number of anilines is 1. The second-order valence-corrected chi connectivity index (χ2v) is 7.36. The van der Waals surface area contributed by atoms with E-state index in [1.165, 1.54) is 6.07 Å². The molecule has 124 valence electrons. The lowest BCUT2D eigenvalue weighted by molar-refractivity contribution is -0.136. The summed E-state index contributed by atoms with van der Waals surface area (Å²) in [6, 6.07) is 8.15. The van der Waals surface area contributed by atoms with Gasteiger partial charge in [0.1, 0.15) is 6.54 Å². The quantitative estimate of drug-likeness (QED) is 0.801. The van der Waals surface area contributed by atoms with E-state index >= 15 is 0 Å². The predicted octanol–water partition coefficient (Wildman–Crippen LogP) is 0.572. The molecule has 0 aromatic heterocycles. The molecule has 0 radical (unpaired) electrons. The summed E-state index contributed by atoms with van der Waals surface area (Å²) >= 11 is 0. The van der Waals surface area contributed by atoms with Crippen molar-refractivity contribution in [1.29, 1.82) is 5.26 Å². The van der Waals surface area contributed by atoms with Gasteiger partial charge in [-0.15, -0.1) is 0 Å². The molecule has 1 saturated heterocycles. The summed E-state index contributed by atoms with van der Waals surface area (Å²) in [6.45, 7) is 2.90. The molecule has 0 N–H and O–H groups in total. The van der Waals surface area contributed by atoms with E-state index in [4.69, 9.17) is 10.00 Å². The topological polar surface area (TPSA) is 90.7 Å². The first-order valence-corrected chi connectivity index (χ1v) is 9.03. The monoisotopic (exact) mass is 337 g/mol. The maximum Gasteiger partial charge on any atom is 0.243 e.